The molecule has 0 spiro atoms. The molecule has 0 fully saturated rings. The summed E-state index contributed by atoms with van der Waals surface area (Å²) >= 11 is 2.83. The van der Waals surface area contributed by atoms with Gasteiger partial charge in [0.05, 0.1) is 119 Å². The van der Waals surface area contributed by atoms with Crippen LogP contribution >= 0.6 is 23.1 Å². The van der Waals surface area contributed by atoms with Crippen molar-refractivity contribution < 1.29 is 0 Å². The Morgan fingerprint density at radius 2 is 0.728 bits per heavy atom. The molecule has 8 N–H and O–H groups in total. The maximum Gasteiger partial charge on any atom is 0.180 e. The second-order valence-corrected chi connectivity index (χ2v) is 28.7. The predicted octanol–water partition coefficient (Wildman–Crippen LogP) is 11.5. The molecule has 114 heavy (non-hydrogen) atoms. The van der Waals surface area contributed by atoms with Gasteiger partial charge < -0.3 is 51.7 Å². The van der Waals surface area contributed by atoms with Crippen LogP contribution in [0.3, 0.4) is 0 Å². The molecule has 18 aromatic rings. The van der Waals surface area contributed by atoms with Crippen LogP contribution < -0.4 is 42.5 Å². The van der Waals surface area contributed by atoms with Crippen molar-refractivity contribution in [3.05, 3.63) is 231 Å². The highest BCUT2D eigenvalue weighted by Gasteiger charge is 2.22. The largest absolute Gasteiger partial charge is 0.337 e. The van der Waals surface area contributed by atoms with Crippen molar-refractivity contribution in [3.8, 4) is 56.4 Å². The number of aryl methyl sites for hydroxylation is 6. The second-order valence-electron chi connectivity index (χ2n) is 27.1. The average Bonchev–Trinajstić information content (AvgIpc) is 1.62. The summed E-state index contributed by atoms with van der Waals surface area (Å²) in [7, 11) is 15.4. The Labute approximate surface area is 663 Å². The molecule has 2 atom stereocenters. The Balaban J connectivity index is 0.000000120. The molecule has 34 nitrogen and oxygen atoms in total. The molecular weight excluding hydrogens is 1480 g/mol. The Morgan fingerprint density at radius 3 is 1.03 bits per heavy atom. The van der Waals surface area contributed by atoms with Gasteiger partial charge >= 0.3 is 0 Å². The monoisotopic (exact) mass is 1560 g/mol. The van der Waals surface area contributed by atoms with Crippen LogP contribution in [0, 0.1) is 13.8 Å². The lowest BCUT2D eigenvalue weighted by Crippen LogP contribution is -2.15. The molecule has 2 aromatic carbocycles. The third-order valence-corrected chi connectivity index (χ3v) is 20.3. The van der Waals surface area contributed by atoms with Gasteiger partial charge in [-0.25, -0.2) is 49.8 Å². The number of benzene rings is 2. The summed E-state index contributed by atoms with van der Waals surface area (Å²) in [6, 6.07) is 20.4. The molecule has 18 rings (SSSR count). The van der Waals surface area contributed by atoms with Crippen molar-refractivity contribution in [3.63, 3.8) is 0 Å². The van der Waals surface area contributed by atoms with Crippen LogP contribution in [-0.4, -0.2) is 166 Å². The quantitative estimate of drug-likeness (QED) is 0.0278. The van der Waals surface area contributed by atoms with Crippen LogP contribution in [0.5, 0.6) is 0 Å². The van der Waals surface area contributed by atoms with E-state index in [-0.39, 0.29) is 12.1 Å². The molecule has 36 heteroatoms. The summed E-state index contributed by atoms with van der Waals surface area (Å²) in [5.41, 5.74) is 20.7. The van der Waals surface area contributed by atoms with E-state index in [1.54, 1.807) is 43.8 Å². The number of fused-ring (bicyclic) bond motifs is 4. The molecule has 0 radical (unpaired) electrons. The molecule has 16 aromatic heterocycles. The fourth-order valence-electron chi connectivity index (χ4n) is 12.6. The number of nitrogens with zero attached hydrogens (tertiary/aromatic N) is 26. The molecular formula is C78H86N34S2. The van der Waals surface area contributed by atoms with E-state index in [1.165, 1.54) is 23.1 Å². The maximum atomic E-state index is 4.86. The number of aromatic nitrogens is 26. The van der Waals surface area contributed by atoms with Gasteiger partial charge in [0, 0.05) is 186 Å². The van der Waals surface area contributed by atoms with Crippen molar-refractivity contribution >= 4 is 90.3 Å². The van der Waals surface area contributed by atoms with Gasteiger partial charge in [0.25, 0.3) is 0 Å². The minimum atomic E-state index is 0.0812. The zero-order chi connectivity index (χ0) is 78.9. The molecule has 0 aliphatic heterocycles. The minimum absolute atomic E-state index is 0.0812. The number of imidazole rings is 6. The highest BCUT2D eigenvalue weighted by atomic mass is 32.1. The Morgan fingerprint density at radius 1 is 0.395 bits per heavy atom. The van der Waals surface area contributed by atoms with Crippen LogP contribution in [0.4, 0.5) is 44.6 Å². The van der Waals surface area contributed by atoms with E-state index in [0.29, 0.717) is 11.6 Å². The summed E-state index contributed by atoms with van der Waals surface area (Å²) < 4.78 is 28.0. The number of rotatable bonds is 24. The van der Waals surface area contributed by atoms with Gasteiger partial charge in [-0.2, -0.15) is 29.1 Å². The number of likely N-dealkylation sites (N-methyl/N-ethyl adjacent to an activating group) is 2. The van der Waals surface area contributed by atoms with Gasteiger partial charge in [-0.1, -0.05) is 0 Å². The van der Waals surface area contributed by atoms with Gasteiger partial charge in [0.2, 0.25) is 0 Å². The summed E-state index contributed by atoms with van der Waals surface area (Å²) in [4.78, 5) is 46.0. The highest BCUT2D eigenvalue weighted by molar-refractivity contribution is 7.10. The third-order valence-electron chi connectivity index (χ3n) is 18.7. The third kappa shape index (κ3) is 17.0. The minimum Gasteiger partial charge on any atom is -0.337 e. The maximum absolute atomic E-state index is 4.86. The number of nitrogens with one attached hydrogen (secondary N) is 8. The lowest BCUT2D eigenvalue weighted by Gasteiger charge is -2.15. The van der Waals surface area contributed by atoms with E-state index in [4.69, 9.17) is 19.9 Å². The van der Waals surface area contributed by atoms with E-state index in [1.807, 2.05) is 245 Å². The van der Waals surface area contributed by atoms with Gasteiger partial charge in [0.15, 0.2) is 45.9 Å². The zero-order valence-electron chi connectivity index (χ0n) is 64.9. The first-order valence-corrected chi connectivity index (χ1v) is 38.3. The Kier molecular flexibility index (Phi) is 22.6. The molecule has 0 aliphatic rings. The summed E-state index contributed by atoms with van der Waals surface area (Å²) in [6.45, 7) is 9.81. The van der Waals surface area contributed by atoms with Gasteiger partial charge in [-0.05, 0) is 140 Å². The van der Waals surface area contributed by atoms with E-state index in [9.17, 15) is 0 Å². The fourth-order valence-corrected chi connectivity index (χ4v) is 13.9. The van der Waals surface area contributed by atoms with Crippen LogP contribution in [0.15, 0.2) is 197 Å². The molecule has 0 amide bonds. The smallest absolute Gasteiger partial charge is 0.180 e. The molecule has 0 saturated heterocycles. The molecule has 580 valence electrons. The van der Waals surface area contributed by atoms with E-state index in [2.05, 4.69) is 139 Å². The molecule has 2 unspecified atom stereocenters. The number of hydrogen-bond acceptors (Lipinski definition) is 26. The second kappa shape index (κ2) is 34.0. The fraction of sp³-hybridized carbons (Fsp3) is 0.231. The summed E-state index contributed by atoms with van der Waals surface area (Å²) in [5, 5.41) is 45.5. The topological polar surface area (TPSA) is 350 Å². The van der Waals surface area contributed by atoms with E-state index < -0.39 is 0 Å². The van der Waals surface area contributed by atoms with Crippen LogP contribution in [0.2, 0.25) is 0 Å². The average molecular weight is 1560 g/mol. The molecule has 16 heterocycles. The standard InChI is InChI=1S/2C22H23N9.2C17H20N8S/c1-15(23-2)19-13-31-20(16-10-26-29(3)12-16)11-25-22(31)21(28-19)27-17-4-6-18(7-5-17)30-9-8-24-14-30;1-23-8-7-18-14-31-20(16-11-26-29(2)13-16)12-25-22(31)21(28-18)27-17-3-5-19(6-4-17)30-10-9-24-15-30;1-10-5-15(26-23-10)22-16-17-19-7-14(12-6-20-24(4)8-12)25(17)9-13(21-16)11(2)18-3;1-11-6-15(26-23-11)22-16-17-19-8-14(12-7-20-24(3)9-12)25(17)10-13(21-16)4-5-18-2/h4-15,23H,1-3H3,(H,27,28);3-6,9-15,23H,7-8H2,1-2H3,(H,27,28);5-9,11,18H,1-4H3,(H,21,22);6-10,18H,4-5H2,1-3H3,(H,21,22). The van der Waals surface area contributed by atoms with Crippen LogP contribution in [0.1, 0.15) is 60.1 Å². The molecule has 0 aliphatic carbocycles. The van der Waals surface area contributed by atoms with Gasteiger partial charge in [-0.3, -0.25) is 36.3 Å². The summed E-state index contributed by atoms with van der Waals surface area (Å²) in [5.74, 6) is 2.87. The van der Waals surface area contributed by atoms with Crippen LogP contribution in [-0.2, 0) is 41.0 Å². The Bertz CT molecular complexity index is 6220. The van der Waals surface area contributed by atoms with E-state index in [0.717, 1.165) is 172 Å². The normalized spacial score (nSPS) is 11.9. The first-order valence-electron chi connectivity index (χ1n) is 36.7. The van der Waals surface area contributed by atoms with Gasteiger partial charge in [-0.15, -0.1) is 0 Å². The molecule has 0 saturated carbocycles. The number of hydrogen-bond donors (Lipinski definition) is 8. The zero-order valence-corrected chi connectivity index (χ0v) is 66.5. The van der Waals surface area contributed by atoms with E-state index >= 15 is 0 Å². The first-order chi connectivity index (χ1) is 55.5. The van der Waals surface area contributed by atoms with Crippen molar-refractivity contribution in [2.45, 2.75) is 52.6 Å². The van der Waals surface area contributed by atoms with Crippen molar-refractivity contribution in [1.82, 2.24) is 146 Å². The number of anilines is 8. The Hall–Kier alpha value is -13.5. The van der Waals surface area contributed by atoms with Crippen molar-refractivity contribution in [2.75, 3.05) is 62.5 Å². The lowest BCUT2D eigenvalue weighted by atomic mass is 10.2. The van der Waals surface area contributed by atoms with Crippen molar-refractivity contribution in [2.24, 2.45) is 28.2 Å². The summed E-state index contributed by atoms with van der Waals surface area (Å²) in [6.07, 6.45) is 43.4. The lowest BCUT2D eigenvalue weighted by molar-refractivity contribution is 0.629. The SMILES string of the molecule is CNC(C)c1cn2c(-c3cnn(C)c3)cnc2c(Nc2cc(C)ns2)n1.CNC(C)c1cn2c(-c3cnn(C)c3)cnc2c(Nc2ccc(-n3ccnc3)cc2)n1.CNCCc1cn2c(-c3cnn(C)c3)cnc2c(Nc2cc(C)ns2)n1.CNCCc1cn2c(-c3cnn(C)c3)cnc2c(Nc2ccc(-n3ccnc3)cc2)n1. The highest BCUT2D eigenvalue weighted by Crippen LogP contribution is 2.34. The van der Waals surface area contributed by atoms with Crippen molar-refractivity contribution in [1.29, 1.82) is 0 Å². The predicted molar refractivity (Wildman–Crippen MR) is 445 cm³/mol. The first kappa shape index (κ1) is 75.9. The molecule has 0 bridgehead atoms. The van der Waals surface area contributed by atoms with Crippen LogP contribution in [0.25, 0.3) is 79.0 Å². The van der Waals surface area contributed by atoms with Gasteiger partial charge in [0.1, 0.15) is 10.0 Å².